The third kappa shape index (κ3) is 20.0. The molecule has 9 rings (SSSR count). The number of ether oxygens (including phenoxy) is 1. The van der Waals surface area contributed by atoms with Gasteiger partial charge in [0.05, 0.1) is 52.0 Å². The van der Waals surface area contributed by atoms with Gasteiger partial charge in [-0.2, -0.15) is 10.2 Å². The second kappa shape index (κ2) is 36.3. The van der Waals surface area contributed by atoms with E-state index in [1.54, 1.807) is 50.5 Å². The predicted octanol–water partition coefficient (Wildman–Crippen LogP) is 6.56. The van der Waals surface area contributed by atoms with E-state index in [9.17, 15) is 43.2 Å². The molecule has 26 nitrogen and oxygen atoms in total. The Kier molecular flexibility index (Phi) is 27.3. The molecule has 2 aliphatic carbocycles. The summed E-state index contributed by atoms with van der Waals surface area (Å²) in [6.07, 6.45) is 7.81. The Bertz CT molecular complexity index is 3760. The molecule has 4 atom stereocenters. The quantitative estimate of drug-likeness (QED) is 0.0246. The molecule has 2 aliphatic heterocycles. The molecule has 518 valence electrons. The third-order valence-corrected chi connectivity index (χ3v) is 17.9. The second-order valence-electron chi connectivity index (χ2n) is 23.9. The number of aliphatic imine (C=N–C) groups is 2. The van der Waals surface area contributed by atoms with Gasteiger partial charge >= 0.3 is 12.1 Å². The Morgan fingerprint density at radius 2 is 1.00 bits per heavy atom. The number of nitrogens with zero attached hydrogens (tertiary/aromatic N) is 6. The molecule has 2 heterocycles. The molecule has 5 aromatic carbocycles. The normalized spacial score (nSPS) is 19.6. The van der Waals surface area contributed by atoms with E-state index in [4.69, 9.17) is 38.7 Å². The molecule has 0 aromatic heterocycles. The lowest BCUT2D eigenvalue weighted by Gasteiger charge is -2.27. The first-order valence-electron chi connectivity index (χ1n) is 32.7. The fraction of sp³-hybridized carbons (Fsp3) is 0.386. The van der Waals surface area contributed by atoms with Gasteiger partial charge in [-0.15, -0.1) is 0 Å². The fourth-order valence-electron chi connectivity index (χ4n) is 11.9. The van der Waals surface area contributed by atoms with Crippen molar-refractivity contribution in [2.75, 3.05) is 57.2 Å². The summed E-state index contributed by atoms with van der Waals surface area (Å²) in [4.78, 5) is 128. The second-order valence-corrected chi connectivity index (χ2v) is 24.7. The number of carbonyl (C=O) groups excluding carboxylic acids is 9. The molecule has 2 fully saturated rings. The number of nitrogens with one attached hydrogen (secondary N) is 9. The van der Waals surface area contributed by atoms with Gasteiger partial charge in [0, 0.05) is 79.3 Å². The van der Waals surface area contributed by atoms with Gasteiger partial charge in [-0.05, 0) is 100 Å². The highest BCUT2D eigenvalue weighted by atomic mass is 35.5. The number of hydrogen-bond acceptors (Lipinski definition) is 15. The topological polar surface area (TPSA) is 353 Å². The van der Waals surface area contributed by atoms with Crippen LogP contribution in [0.15, 0.2) is 142 Å². The zero-order valence-electron chi connectivity index (χ0n) is 55.3. The number of fused-ring (bicyclic) bond motifs is 2. The maximum Gasteiger partial charge on any atom is 0.335 e. The van der Waals surface area contributed by atoms with Crippen molar-refractivity contribution < 1.29 is 47.9 Å². The molecule has 98 heavy (non-hydrogen) atoms. The fourth-order valence-corrected chi connectivity index (χ4v) is 12.6. The van der Waals surface area contributed by atoms with Crippen LogP contribution in [0.3, 0.4) is 0 Å². The van der Waals surface area contributed by atoms with E-state index < -0.39 is 72.6 Å². The van der Waals surface area contributed by atoms with Crippen molar-refractivity contribution in [3.63, 3.8) is 0 Å². The summed E-state index contributed by atoms with van der Waals surface area (Å²) in [7, 11) is 4.69. The largest absolute Gasteiger partial charge is 0.494 e. The highest BCUT2D eigenvalue weighted by Gasteiger charge is 2.36. The lowest BCUT2D eigenvalue weighted by atomic mass is 9.81. The van der Waals surface area contributed by atoms with Crippen LogP contribution in [0.5, 0.6) is 5.75 Å². The van der Waals surface area contributed by atoms with E-state index in [2.05, 4.69) is 63.3 Å². The summed E-state index contributed by atoms with van der Waals surface area (Å²) in [6.45, 7) is 3.98. The van der Waals surface area contributed by atoms with Gasteiger partial charge in [-0.3, -0.25) is 48.4 Å². The number of nitrogens with two attached hydrogens (primary N) is 1. The molecule has 5 aromatic rings. The van der Waals surface area contributed by atoms with Crippen molar-refractivity contribution in [3.05, 3.63) is 159 Å². The number of benzodiazepines with no additional fused rings is 2. The smallest absolute Gasteiger partial charge is 0.335 e. The third-order valence-electron chi connectivity index (χ3n) is 17.3. The molecule has 0 radical (unpaired) electrons. The van der Waals surface area contributed by atoms with Crippen LogP contribution in [-0.4, -0.2) is 149 Å². The van der Waals surface area contributed by atoms with Gasteiger partial charge in [0.1, 0.15) is 13.1 Å². The van der Waals surface area contributed by atoms with Crippen LogP contribution in [0, 0.1) is 23.7 Å². The van der Waals surface area contributed by atoms with Crippen LogP contribution in [-0.2, 0) is 28.8 Å². The van der Waals surface area contributed by atoms with Crippen LogP contribution in [0.1, 0.15) is 111 Å². The number of amides is 11. The Hall–Kier alpha value is -10.1. The summed E-state index contributed by atoms with van der Waals surface area (Å²) < 4.78 is 5.20. The average molecular weight is 1380 g/mol. The van der Waals surface area contributed by atoms with Crippen molar-refractivity contribution in [1.29, 1.82) is 0 Å². The van der Waals surface area contributed by atoms with Crippen molar-refractivity contribution in [1.82, 2.24) is 48.1 Å². The first-order chi connectivity index (χ1) is 47.3. The molecule has 0 spiro atoms. The summed E-state index contributed by atoms with van der Waals surface area (Å²) in [5, 5.41) is 27.7. The van der Waals surface area contributed by atoms with Crippen LogP contribution >= 0.6 is 23.2 Å². The van der Waals surface area contributed by atoms with Gasteiger partial charge in [-0.1, -0.05) is 134 Å². The van der Waals surface area contributed by atoms with Crippen molar-refractivity contribution in [2.24, 2.45) is 49.6 Å². The number of halogens is 2. The Labute approximate surface area is 579 Å². The summed E-state index contributed by atoms with van der Waals surface area (Å²) in [5.74, 6) is -1.77. The molecular weight excluding hydrogens is 1300 g/mol. The predicted molar refractivity (Wildman–Crippen MR) is 378 cm³/mol. The Balaban J connectivity index is 0.000000258. The van der Waals surface area contributed by atoms with E-state index in [1.165, 1.54) is 41.5 Å². The van der Waals surface area contributed by atoms with Crippen LogP contribution in [0.4, 0.5) is 21.0 Å². The number of methoxy groups -OCH3 is 1. The van der Waals surface area contributed by atoms with Gasteiger partial charge in [0.15, 0.2) is 11.9 Å². The molecule has 0 saturated heterocycles. The van der Waals surface area contributed by atoms with E-state index in [0.717, 1.165) is 56.9 Å². The summed E-state index contributed by atoms with van der Waals surface area (Å²) in [5.41, 5.74) is 15.9. The number of carbonyl (C=O) groups is 9. The standard InChI is InChI=1S/C39H44Cl2N8O6.C31H40N8O4/c1-4-27(21-44-48-39(54)43-20-23-14-16-25(17-15-23)36(51)42-2)45-32(50)22-49-31-13-9-8-12-28(31)33(24-10-6-5-7-11-24)46-35(38(49)53)47-37(52)26-18-29(40)34(55-3)30(41)19-26;1-3-23(18-35-38-31(43)34-17-20-13-15-22(16-14-20)29(41)33-2)36-26(40)19-39-25-12-8-7-11-24(25)27(37-28(32)30(39)42)21-9-5-4-6-10-21/h5-13,18-19,21,23,25,27,35H,4,14-17,20,22H2,1-3H3,(H,42,51)(H,45,50)(H,47,52)(H2,43,48,54);4-12,18,20,22-23,28H,3,13-17,19,32H2,1-2H3,(H,33,41)(H,36,40)(H2,34,38,43)/b44-21+;35-18+/t23?,25?,27-,35?;20?,22?,23-,28?/m00/s1. The average Bonchev–Trinajstić information content (AvgIpc) is 1.62. The summed E-state index contributed by atoms with van der Waals surface area (Å²) in [6, 6.07) is 33.7. The first-order valence-corrected chi connectivity index (χ1v) is 33.4. The molecule has 4 aliphatic rings. The SMILES string of the molecule is CC[C@@H](/C=N/NC(=O)NCC1CCC(C(=O)NC)CC1)NC(=O)CN1C(=O)C(N)N=C(c2ccccc2)c2ccccc21.CC[C@@H](/C=N/NC(=O)NCC1CCC(C(=O)NC)CC1)NC(=O)CN1C(=O)C(NC(=O)c2cc(Cl)c(OC)c(Cl)c2)N=C(c2ccccc2)c2ccccc21. The summed E-state index contributed by atoms with van der Waals surface area (Å²) >= 11 is 12.6. The highest BCUT2D eigenvalue weighted by Crippen LogP contribution is 2.35. The molecular formula is C70H84Cl2N16O10. The Morgan fingerprint density at radius 3 is 1.42 bits per heavy atom. The highest BCUT2D eigenvalue weighted by molar-refractivity contribution is 6.37. The zero-order chi connectivity index (χ0) is 70.3. The van der Waals surface area contributed by atoms with Crippen LogP contribution in [0.2, 0.25) is 10.0 Å². The van der Waals surface area contributed by atoms with Gasteiger partial charge in [-0.25, -0.2) is 25.4 Å². The van der Waals surface area contributed by atoms with Crippen molar-refractivity contribution >= 4 is 112 Å². The van der Waals surface area contributed by atoms with Gasteiger partial charge in [0.2, 0.25) is 29.8 Å². The lowest BCUT2D eigenvalue weighted by molar-refractivity contribution is -0.126. The minimum atomic E-state index is -1.44. The maximum absolute atomic E-state index is 14.3. The molecule has 2 unspecified atom stereocenters. The number of rotatable bonds is 23. The minimum Gasteiger partial charge on any atom is -0.494 e. The molecule has 11 N–H and O–H groups in total. The minimum absolute atomic E-state index is 0.0146. The molecule has 2 saturated carbocycles. The van der Waals surface area contributed by atoms with E-state index in [0.29, 0.717) is 71.3 Å². The maximum atomic E-state index is 14.3. The van der Waals surface area contributed by atoms with Gasteiger partial charge < -0.3 is 47.7 Å². The van der Waals surface area contributed by atoms with E-state index >= 15 is 0 Å². The van der Waals surface area contributed by atoms with E-state index in [1.807, 2.05) is 86.6 Å². The zero-order valence-corrected chi connectivity index (χ0v) is 56.8. The number of hydrogen-bond donors (Lipinski definition) is 10. The Morgan fingerprint density at radius 1 is 0.592 bits per heavy atom. The number of hydrazone groups is 2. The monoisotopic (exact) mass is 1380 g/mol. The molecule has 0 bridgehead atoms. The van der Waals surface area contributed by atoms with E-state index in [-0.39, 0.29) is 57.5 Å². The number of benzene rings is 5. The number of urea groups is 2. The molecule has 28 heteroatoms. The number of para-hydroxylation sites is 2. The lowest BCUT2D eigenvalue weighted by Crippen LogP contribution is -2.51. The van der Waals surface area contributed by atoms with Crippen LogP contribution < -0.4 is 68.3 Å². The molecule has 11 amide bonds. The van der Waals surface area contributed by atoms with Crippen molar-refractivity contribution in [2.45, 2.75) is 102 Å². The number of anilines is 2. The first kappa shape index (κ1) is 73.8. The van der Waals surface area contributed by atoms with Gasteiger partial charge in [0.25, 0.3) is 17.7 Å². The van der Waals surface area contributed by atoms with Crippen LogP contribution in [0.25, 0.3) is 0 Å². The van der Waals surface area contributed by atoms with Crippen molar-refractivity contribution in [3.8, 4) is 5.75 Å².